The highest BCUT2D eigenvalue weighted by Crippen LogP contribution is 2.42. The van der Waals surface area contributed by atoms with E-state index in [2.05, 4.69) is 34.6 Å². The number of hydrogen-bond acceptors (Lipinski definition) is 1. The van der Waals surface area contributed by atoms with Crippen molar-refractivity contribution in [2.75, 3.05) is 0 Å². The summed E-state index contributed by atoms with van der Waals surface area (Å²) in [6.07, 6.45) is 36.2. The van der Waals surface area contributed by atoms with Crippen LogP contribution in [0.5, 0.6) is 0 Å². The van der Waals surface area contributed by atoms with Gasteiger partial charge in [-0.05, 0) is 37.5 Å². The Morgan fingerprint density at radius 3 is 1.25 bits per heavy atom. The van der Waals surface area contributed by atoms with Crippen molar-refractivity contribution < 1.29 is 9.90 Å². The second-order valence-corrected chi connectivity index (χ2v) is 13.6. The largest absolute Gasteiger partial charge is 0.481 e. The minimum atomic E-state index is -0.497. The Morgan fingerprint density at radius 2 is 0.825 bits per heavy atom. The zero-order chi connectivity index (χ0) is 29.7. The number of carbonyl (C=O) groups is 1. The highest BCUT2D eigenvalue weighted by molar-refractivity contribution is 5.74. The summed E-state index contributed by atoms with van der Waals surface area (Å²) in [5, 5.41) is 10.8. The van der Waals surface area contributed by atoms with Crippen LogP contribution < -0.4 is 0 Å². The first-order valence-corrected chi connectivity index (χ1v) is 18.7. The van der Waals surface area contributed by atoms with Crippen LogP contribution in [0.4, 0.5) is 0 Å². The summed E-state index contributed by atoms with van der Waals surface area (Å²) in [6, 6.07) is 0. The van der Waals surface area contributed by atoms with Crippen LogP contribution in [0.25, 0.3) is 0 Å². The van der Waals surface area contributed by atoms with Crippen LogP contribution >= 0.6 is 0 Å². The maximum Gasteiger partial charge on any atom is 0.309 e. The Bertz CT molecular complexity index is 530. The molecule has 0 aliphatic heterocycles. The molecule has 1 N–H and O–H groups in total. The van der Waals surface area contributed by atoms with Crippen molar-refractivity contribution in [3.8, 4) is 0 Å². The first kappa shape index (κ1) is 39.5. The zero-order valence-electron chi connectivity index (χ0n) is 28.5. The number of rotatable bonds is 32. The van der Waals surface area contributed by atoms with Gasteiger partial charge < -0.3 is 5.11 Å². The van der Waals surface area contributed by atoms with Gasteiger partial charge >= 0.3 is 5.97 Å². The predicted octanol–water partition coefficient (Wildman–Crippen LogP) is 13.7. The molecule has 0 aromatic carbocycles. The topological polar surface area (TPSA) is 37.3 Å². The number of aliphatic carboxylic acids is 1. The summed E-state index contributed by atoms with van der Waals surface area (Å²) in [4.78, 5) is 13.1. The lowest BCUT2D eigenvalue weighted by Crippen LogP contribution is -2.34. The Morgan fingerprint density at radius 1 is 0.475 bits per heavy atom. The lowest BCUT2D eigenvalue weighted by atomic mass is 9.69. The minimum Gasteiger partial charge on any atom is -0.481 e. The average Bonchev–Trinajstić information content (AvgIpc) is 2.95. The van der Waals surface area contributed by atoms with Gasteiger partial charge in [0.1, 0.15) is 0 Å². The molecule has 0 saturated carbocycles. The molecule has 0 bridgehead atoms. The third-order valence-electron chi connectivity index (χ3n) is 9.72. The van der Waals surface area contributed by atoms with E-state index in [1.165, 1.54) is 154 Å². The molecule has 0 spiro atoms. The number of carboxylic acids is 1. The lowest BCUT2D eigenvalue weighted by molar-refractivity contribution is -0.151. The van der Waals surface area contributed by atoms with Crippen molar-refractivity contribution in [2.45, 2.75) is 221 Å². The van der Waals surface area contributed by atoms with E-state index < -0.39 is 11.4 Å². The number of unbranched alkanes of at least 4 members (excludes halogenated alkanes) is 17. The molecule has 2 heteroatoms. The van der Waals surface area contributed by atoms with E-state index in [1.807, 2.05) is 0 Å². The van der Waals surface area contributed by atoms with Crippen molar-refractivity contribution in [1.29, 1.82) is 0 Å². The maximum absolute atomic E-state index is 13.1. The van der Waals surface area contributed by atoms with E-state index in [0.29, 0.717) is 5.92 Å². The normalized spacial score (nSPS) is 14.7. The number of carboxylic acid groups (broad SMARTS) is 1. The van der Waals surface area contributed by atoms with E-state index >= 15 is 0 Å². The molecule has 40 heavy (non-hydrogen) atoms. The standard InChI is InChI=1S/C38H76O2/c1-6-11-16-19-21-22-24-27-32-38(37(39)40,31-26-23-20-17-12-7-2)34-36(29-15-10-5)33-35(28-14-9-4)30-25-18-13-8-3/h35-36H,6-34H2,1-5H3,(H,39,40). The Hall–Kier alpha value is -0.530. The third kappa shape index (κ3) is 21.2. The summed E-state index contributed by atoms with van der Waals surface area (Å²) < 4.78 is 0. The molecule has 0 aliphatic rings. The molecule has 0 aliphatic carbocycles. The van der Waals surface area contributed by atoms with Crippen molar-refractivity contribution in [1.82, 2.24) is 0 Å². The molecule has 3 atom stereocenters. The summed E-state index contributed by atoms with van der Waals surface area (Å²) in [5.74, 6) is 0.902. The van der Waals surface area contributed by atoms with Crippen LogP contribution in [0, 0.1) is 17.3 Å². The molecule has 240 valence electrons. The molecule has 0 fully saturated rings. The Kier molecular flexibility index (Phi) is 28.2. The molecule has 0 aromatic heterocycles. The Labute approximate surface area is 253 Å². The van der Waals surface area contributed by atoms with Crippen molar-refractivity contribution in [3.63, 3.8) is 0 Å². The summed E-state index contributed by atoms with van der Waals surface area (Å²) in [6.45, 7) is 11.5. The van der Waals surface area contributed by atoms with Crippen molar-refractivity contribution >= 4 is 5.97 Å². The highest BCUT2D eigenvalue weighted by Gasteiger charge is 2.39. The zero-order valence-corrected chi connectivity index (χ0v) is 28.5. The van der Waals surface area contributed by atoms with Gasteiger partial charge in [0, 0.05) is 0 Å². The fourth-order valence-electron chi connectivity index (χ4n) is 7.02. The fraction of sp³-hybridized carbons (Fsp3) is 0.974. The first-order valence-electron chi connectivity index (χ1n) is 18.7. The van der Waals surface area contributed by atoms with Gasteiger partial charge in [-0.3, -0.25) is 4.79 Å². The molecular weight excluding hydrogens is 488 g/mol. The molecule has 0 radical (unpaired) electrons. The lowest BCUT2D eigenvalue weighted by Gasteiger charge is -2.35. The van der Waals surface area contributed by atoms with Crippen LogP contribution in [-0.4, -0.2) is 11.1 Å². The van der Waals surface area contributed by atoms with E-state index in [1.54, 1.807) is 0 Å². The molecule has 2 nitrogen and oxygen atoms in total. The van der Waals surface area contributed by atoms with E-state index in [0.717, 1.165) is 38.0 Å². The van der Waals surface area contributed by atoms with E-state index in [9.17, 15) is 9.90 Å². The second kappa shape index (κ2) is 28.6. The maximum atomic E-state index is 13.1. The van der Waals surface area contributed by atoms with Gasteiger partial charge in [-0.2, -0.15) is 0 Å². The summed E-state index contributed by atoms with van der Waals surface area (Å²) in [7, 11) is 0. The molecule has 3 unspecified atom stereocenters. The first-order chi connectivity index (χ1) is 19.5. The smallest absolute Gasteiger partial charge is 0.309 e. The summed E-state index contributed by atoms with van der Waals surface area (Å²) in [5.41, 5.74) is -0.497. The SMILES string of the molecule is CCCCCCCCCCC(CCCCCCCC)(CC(CCCC)CC(CCCC)CCCCCC)C(=O)O. The second-order valence-electron chi connectivity index (χ2n) is 13.6. The van der Waals surface area contributed by atoms with Gasteiger partial charge in [-0.15, -0.1) is 0 Å². The van der Waals surface area contributed by atoms with Crippen molar-refractivity contribution in [2.24, 2.45) is 17.3 Å². The highest BCUT2D eigenvalue weighted by atomic mass is 16.4. The van der Waals surface area contributed by atoms with Crippen LogP contribution in [0.2, 0.25) is 0 Å². The number of hydrogen-bond donors (Lipinski definition) is 1. The minimum absolute atomic E-state index is 0.474. The average molecular weight is 565 g/mol. The monoisotopic (exact) mass is 565 g/mol. The predicted molar refractivity (Wildman–Crippen MR) is 179 cm³/mol. The van der Waals surface area contributed by atoms with Gasteiger partial charge in [0.05, 0.1) is 5.41 Å². The van der Waals surface area contributed by atoms with E-state index in [4.69, 9.17) is 0 Å². The molecular formula is C38H76O2. The molecule has 0 rings (SSSR count). The third-order valence-corrected chi connectivity index (χ3v) is 9.72. The van der Waals surface area contributed by atoms with Gasteiger partial charge in [-0.1, -0.05) is 195 Å². The fourth-order valence-corrected chi connectivity index (χ4v) is 7.02. The Balaban J connectivity index is 5.45. The van der Waals surface area contributed by atoms with Gasteiger partial charge in [-0.25, -0.2) is 0 Å². The molecule has 0 amide bonds. The van der Waals surface area contributed by atoms with Crippen LogP contribution in [0.15, 0.2) is 0 Å². The van der Waals surface area contributed by atoms with Gasteiger partial charge in [0.25, 0.3) is 0 Å². The van der Waals surface area contributed by atoms with Crippen LogP contribution in [0.3, 0.4) is 0 Å². The van der Waals surface area contributed by atoms with Gasteiger partial charge in [0.15, 0.2) is 0 Å². The molecule has 0 saturated heterocycles. The molecule has 0 aromatic rings. The quantitative estimate of drug-likeness (QED) is 0.0825. The van der Waals surface area contributed by atoms with Crippen LogP contribution in [-0.2, 0) is 4.79 Å². The van der Waals surface area contributed by atoms with E-state index in [-0.39, 0.29) is 0 Å². The summed E-state index contributed by atoms with van der Waals surface area (Å²) >= 11 is 0. The molecule has 0 heterocycles. The van der Waals surface area contributed by atoms with Crippen LogP contribution in [0.1, 0.15) is 221 Å². The van der Waals surface area contributed by atoms with Crippen molar-refractivity contribution in [3.05, 3.63) is 0 Å². The van der Waals surface area contributed by atoms with Gasteiger partial charge in [0.2, 0.25) is 0 Å².